The Morgan fingerprint density at radius 3 is 2.36 bits per heavy atom. The fourth-order valence-electron chi connectivity index (χ4n) is 3.35. The van der Waals surface area contributed by atoms with Gasteiger partial charge >= 0.3 is 0 Å². The van der Waals surface area contributed by atoms with Crippen molar-refractivity contribution in [3.05, 3.63) is 40.8 Å². The van der Waals surface area contributed by atoms with Crippen molar-refractivity contribution < 1.29 is 9.59 Å². The Morgan fingerprint density at radius 2 is 1.71 bits per heavy atom. The molecule has 2 N–H and O–H groups in total. The molecule has 0 radical (unpaired) electrons. The molecule has 1 aromatic carbocycles. The maximum absolute atomic E-state index is 12.7. The lowest BCUT2D eigenvalue weighted by atomic mass is 10.2. The smallest absolute Gasteiger partial charge is 0.266 e. The molecule has 1 aliphatic heterocycles. The normalized spacial score (nSPS) is 17.4. The van der Waals surface area contributed by atoms with Crippen molar-refractivity contribution in [1.82, 2.24) is 4.90 Å². The fraction of sp³-hybridized carbons (Fsp3) is 0.429. The molecule has 1 aromatic heterocycles. The Balaban J connectivity index is 1.38. The number of aryl methyl sites for hydroxylation is 1. The number of piperazine rings is 1. The molecule has 2 aromatic rings. The summed E-state index contributed by atoms with van der Waals surface area (Å²) in [6, 6.07) is 9.89. The van der Waals surface area contributed by atoms with E-state index in [0.717, 1.165) is 55.3 Å². The zero-order valence-electron chi connectivity index (χ0n) is 16.3. The highest BCUT2D eigenvalue weighted by Crippen LogP contribution is 2.33. The van der Waals surface area contributed by atoms with Crippen molar-refractivity contribution in [3.63, 3.8) is 0 Å². The highest BCUT2D eigenvalue weighted by atomic mass is 32.1. The summed E-state index contributed by atoms with van der Waals surface area (Å²) in [6.45, 7) is 6.07. The Bertz CT molecular complexity index is 865. The number of rotatable bonds is 5. The maximum Gasteiger partial charge on any atom is 0.266 e. The molecule has 0 atom stereocenters. The third-order valence-electron chi connectivity index (χ3n) is 5.31. The van der Waals surface area contributed by atoms with E-state index < -0.39 is 0 Å². The summed E-state index contributed by atoms with van der Waals surface area (Å²) < 4.78 is 0. The van der Waals surface area contributed by atoms with Crippen LogP contribution in [0.15, 0.2) is 30.3 Å². The largest absolute Gasteiger partial charge is 0.369 e. The molecule has 2 aliphatic rings. The fourth-order valence-corrected chi connectivity index (χ4v) is 4.32. The van der Waals surface area contributed by atoms with E-state index in [-0.39, 0.29) is 17.7 Å². The van der Waals surface area contributed by atoms with E-state index in [0.29, 0.717) is 4.88 Å². The van der Waals surface area contributed by atoms with Crippen LogP contribution in [-0.2, 0) is 4.79 Å². The molecule has 1 saturated heterocycles. The average molecular weight is 399 g/mol. The molecule has 1 aliphatic carbocycles. The Labute approximate surface area is 169 Å². The van der Waals surface area contributed by atoms with E-state index in [1.54, 1.807) is 0 Å². The highest BCUT2D eigenvalue weighted by molar-refractivity contribution is 7.18. The van der Waals surface area contributed by atoms with Crippen LogP contribution in [-0.4, -0.2) is 49.9 Å². The summed E-state index contributed by atoms with van der Waals surface area (Å²) in [5.74, 6) is 0.0768. The number of carbonyl (C=O) groups excluding carboxylic acids is 2. The molecular weight excluding hydrogens is 372 g/mol. The maximum atomic E-state index is 12.7. The quantitative estimate of drug-likeness (QED) is 0.810. The van der Waals surface area contributed by atoms with Gasteiger partial charge < -0.3 is 20.4 Å². The number of nitrogens with one attached hydrogen (secondary N) is 2. The molecule has 1 saturated carbocycles. The van der Waals surface area contributed by atoms with Gasteiger partial charge in [-0.3, -0.25) is 9.59 Å². The number of hydrogen-bond donors (Lipinski definition) is 2. The van der Waals surface area contributed by atoms with Crippen molar-refractivity contribution in [2.45, 2.75) is 19.8 Å². The van der Waals surface area contributed by atoms with E-state index in [4.69, 9.17) is 0 Å². The first-order valence-corrected chi connectivity index (χ1v) is 10.6. The molecular formula is C21H26N4O2S. The van der Waals surface area contributed by atoms with Crippen molar-refractivity contribution in [2.24, 2.45) is 5.92 Å². The highest BCUT2D eigenvalue weighted by Gasteiger charge is 2.30. The molecule has 148 valence electrons. The van der Waals surface area contributed by atoms with Crippen LogP contribution in [0.5, 0.6) is 0 Å². The lowest BCUT2D eigenvalue weighted by Crippen LogP contribution is -2.44. The zero-order chi connectivity index (χ0) is 19.7. The molecule has 0 unspecified atom stereocenters. The molecule has 0 bridgehead atoms. The first-order chi connectivity index (χ1) is 13.5. The number of likely N-dealkylation sites (N-methyl/N-ethyl adjacent to an activating group) is 1. The van der Waals surface area contributed by atoms with Crippen LogP contribution in [0.2, 0.25) is 0 Å². The number of hydrogen-bond acceptors (Lipinski definition) is 5. The average Bonchev–Trinajstić information content (AvgIpc) is 3.47. The predicted octanol–water partition coefficient (Wildman–Crippen LogP) is 3.41. The first-order valence-electron chi connectivity index (χ1n) is 9.76. The van der Waals surface area contributed by atoms with Crippen LogP contribution in [0.25, 0.3) is 0 Å². The SMILES string of the molecule is Cc1cc(NC(=O)C2CC2)sc1C(=O)Nc1ccc(N2CCN(C)CC2)cc1. The molecule has 4 rings (SSSR count). The van der Waals surface area contributed by atoms with Crippen LogP contribution in [0.4, 0.5) is 16.4 Å². The van der Waals surface area contributed by atoms with E-state index in [1.807, 2.05) is 25.1 Å². The standard InChI is InChI=1S/C21H26N4O2S/c1-14-13-18(23-20(26)15-3-4-15)28-19(14)21(27)22-16-5-7-17(8-6-16)25-11-9-24(2)10-12-25/h5-8,13,15H,3-4,9-12H2,1-2H3,(H,22,27)(H,23,26). The van der Waals surface area contributed by atoms with Crippen LogP contribution >= 0.6 is 11.3 Å². The van der Waals surface area contributed by atoms with Gasteiger partial charge in [-0.05, 0) is 62.7 Å². The second-order valence-corrected chi connectivity index (χ2v) is 8.73. The molecule has 28 heavy (non-hydrogen) atoms. The van der Waals surface area contributed by atoms with Crippen molar-refractivity contribution in [1.29, 1.82) is 0 Å². The van der Waals surface area contributed by atoms with Gasteiger partial charge in [0.1, 0.15) is 0 Å². The summed E-state index contributed by atoms with van der Waals surface area (Å²) in [5, 5.41) is 6.63. The third kappa shape index (κ3) is 4.36. The van der Waals surface area contributed by atoms with Gasteiger partial charge in [0.2, 0.25) is 5.91 Å². The molecule has 2 fully saturated rings. The van der Waals surface area contributed by atoms with Gasteiger partial charge in [0.05, 0.1) is 9.88 Å². The lowest BCUT2D eigenvalue weighted by molar-refractivity contribution is -0.117. The predicted molar refractivity (Wildman–Crippen MR) is 115 cm³/mol. The summed E-state index contributed by atoms with van der Waals surface area (Å²) in [4.78, 5) is 29.9. The molecule has 2 heterocycles. The van der Waals surface area contributed by atoms with Gasteiger partial charge in [0, 0.05) is 43.5 Å². The topological polar surface area (TPSA) is 64.7 Å². The van der Waals surface area contributed by atoms with Gasteiger partial charge in [0.15, 0.2) is 0 Å². The van der Waals surface area contributed by atoms with Gasteiger partial charge in [-0.25, -0.2) is 0 Å². The molecule has 6 nitrogen and oxygen atoms in total. The summed E-state index contributed by atoms with van der Waals surface area (Å²) in [7, 11) is 2.14. The van der Waals surface area contributed by atoms with Gasteiger partial charge in [-0.2, -0.15) is 0 Å². The number of benzene rings is 1. The number of anilines is 3. The Hall–Kier alpha value is -2.38. The molecule has 0 spiro atoms. The number of nitrogens with zero attached hydrogens (tertiary/aromatic N) is 2. The van der Waals surface area contributed by atoms with E-state index in [1.165, 1.54) is 17.0 Å². The summed E-state index contributed by atoms with van der Waals surface area (Å²) >= 11 is 1.33. The second-order valence-electron chi connectivity index (χ2n) is 7.68. The third-order valence-corrected chi connectivity index (χ3v) is 6.46. The van der Waals surface area contributed by atoms with Crippen LogP contribution < -0.4 is 15.5 Å². The van der Waals surface area contributed by atoms with Crippen LogP contribution in [0.1, 0.15) is 28.1 Å². The van der Waals surface area contributed by atoms with E-state index in [2.05, 4.69) is 39.6 Å². The van der Waals surface area contributed by atoms with Crippen molar-refractivity contribution >= 4 is 39.5 Å². The Morgan fingerprint density at radius 1 is 1.04 bits per heavy atom. The minimum absolute atomic E-state index is 0.0627. The minimum Gasteiger partial charge on any atom is -0.369 e. The summed E-state index contributed by atoms with van der Waals surface area (Å²) in [6.07, 6.45) is 1.93. The zero-order valence-corrected chi connectivity index (χ0v) is 17.1. The first kappa shape index (κ1) is 19.0. The monoisotopic (exact) mass is 398 g/mol. The van der Waals surface area contributed by atoms with Gasteiger partial charge in [0.25, 0.3) is 5.91 Å². The molecule has 2 amide bonds. The number of amides is 2. The van der Waals surface area contributed by atoms with Gasteiger partial charge in [-0.15, -0.1) is 11.3 Å². The number of carbonyl (C=O) groups is 2. The Kier molecular flexibility index (Phi) is 5.37. The van der Waals surface area contributed by atoms with Crippen molar-refractivity contribution in [2.75, 3.05) is 48.8 Å². The van der Waals surface area contributed by atoms with Crippen molar-refractivity contribution in [3.8, 4) is 0 Å². The minimum atomic E-state index is -0.137. The van der Waals surface area contributed by atoms with E-state index >= 15 is 0 Å². The van der Waals surface area contributed by atoms with Crippen LogP contribution in [0.3, 0.4) is 0 Å². The van der Waals surface area contributed by atoms with Crippen LogP contribution in [0, 0.1) is 12.8 Å². The van der Waals surface area contributed by atoms with Gasteiger partial charge in [-0.1, -0.05) is 0 Å². The van der Waals surface area contributed by atoms with E-state index in [9.17, 15) is 9.59 Å². The summed E-state index contributed by atoms with van der Waals surface area (Å²) in [5.41, 5.74) is 2.84. The lowest BCUT2D eigenvalue weighted by Gasteiger charge is -2.34. The second kappa shape index (κ2) is 7.93. The number of thiophene rings is 1. The molecule has 7 heteroatoms.